The minimum Gasteiger partial charge on any atom is -0.457 e. The normalized spacial score (nSPS) is 11.1. The third kappa shape index (κ3) is 20.8. The van der Waals surface area contributed by atoms with E-state index in [2.05, 4.69) is 6.92 Å². The van der Waals surface area contributed by atoms with Crippen LogP contribution in [0.2, 0.25) is 0 Å². The number of esters is 1. The number of Topliss-reactive ketones (excluding diaryl/α,β-unsaturated/α-hetero) is 1. The average molecular weight is 527 g/mol. The maximum atomic E-state index is 11.8. The Bertz CT molecular complexity index is 654. The van der Waals surface area contributed by atoms with Crippen LogP contribution >= 0.6 is 0 Å². The first-order valence-electron chi connectivity index (χ1n) is 13.5. The highest BCUT2D eigenvalue weighted by Crippen LogP contribution is 2.05. The standard InChI is InChI=1S/C28H46O9/c1-2-3-4-5-6-10-13-31-14-15-32-16-17-33-18-19-34-20-21-35-22-23-36-24-25-37-28(30)27(29)26-11-8-7-9-12-26/h7-9,11-12H,2-6,10,13-25H2,1H3. The topological polar surface area (TPSA) is 98.8 Å². The van der Waals surface area contributed by atoms with Crippen molar-refractivity contribution < 1.29 is 42.7 Å². The van der Waals surface area contributed by atoms with Crippen molar-refractivity contribution in [3.05, 3.63) is 35.9 Å². The lowest BCUT2D eigenvalue weighted by molar-refractivity contribution is -0.139. The lowest BCUT2D eigenvalue weighted by Crippen LogP contribution is -2.20. The molecule has 0 bridgehead atoms. The van der Waals surface area contributed by atoms with Gasteiger partial charge < -0.3 is 33.2 Å². The smallest absolute Gasteiger partial charge is 0.379 e. The van der Waals surface area contributed by atoms with Crippen molar-refractivity contribution >= 4 is 11.8 Å². The minimum absolute atomic E-state index is 0.0125. The fraction of sp³-hybridized carbons (Fsp3) is 0.714. The van der Waals surface area contributed by atoms with Crippen molar-refractivity contribution in [1.29, 1.82) is 0 Å². The molecule has 0 unspecified atom stereocenters. The van der Waals surface area contributed by atoms with Gasteiger partial charge >= 0.3 is 5.97 Å². The van der Waals surface area contributed by atoms with E-state index in [1.54, 1.807) is 30.3 Å². The summed E-state index contributed by atoms with van der Waals surface area (Å²) in [4.78, 5) is 23.5. The molecule has 0 saturated carbocycles. The van der Waals surface area contributed by atoms with Gasteiger partial charge in [-0.05, 0) is 6.42 Å². The first-order chi connectivity index (χ1) is 18.3. The highest BCUT2D eigenvalue weighted by Gasteiger charge is 2.17. The number of benzene rings is 1. The zero-order chi connectivity index (χ0) is 26.7. The second kappa shape index (κ2) is 25.8. The molecule has 0 spiro atoms. The van der Waals surface area contributed by atoms with Crippen molar-refractivity contribution in [1.82, 2.24) is 0 Å². The molecule has 0 aromatic heterocycles. The van der Waals surface area contributed by atoms with Crippen molar-refractivity contribution in [2.24, 2.45) is 0 Å². The molecule has 0 aliphatic heterocycles. The third-order valence-electron chi connectivity index (χ3n) is 5.18. The van der Waals surface area contributed by atoms with Crippen LogP contribution in [0.25, 0.3) is 0 Å². The summed E-state index contributed by atoms with van der Waals surface area (Å²) >= 11 is 0. The molecule has 0 fully saturated rings. The molecular formula is C28H46O9. The van der Waals surface area contributed by atoms with Crippen LogP contribution in [0.1, 0.15) is 55.8 Å². The van der Waals surface area contributed by atoms with Crippen LogP contribution in [-0.4, -0.2) is 97.6 Å². The molecule has 212 valence electrons. The molecule has 0 aliphatic rings. The number of carbonyl (C=O) groups is 2. The fourth-order valence-corrected chi connectivity index (χ4v) is 3.15. The Labute approximate surface area is 222 Å². The molecule has 1 aromatic rings. The molecule has 0 amide bonds. The molecule has 0 N–H and O–H groups in total. The minimum atomic E-state index is -0.886. The number of ketones is 1. The Kier molecular flexibility index (Phi) is 23.1. The van der Waals surface area contributed by atoms with Gasteiger partial charge in [-0.3, -0.25) is 4.79 Å². The van der Waals surface area contributed by atoms with Crippen LogP contribution in [0.4, 0.5) is 0 Å². The maximum absolute atomic E-state index is 11.8. The van der Waals surface area contributed by atoms with Crippen LogP contribution in [0.15, 0.2) is 30.3 Å². The van der Waals surface area contributed by atoms with Gasteiger partial charge in [0.25, 0.3) is 5.78 Å². The number of hydrogen-bond acceptors (Lipinski definition) is 9. The predicted octanol–water partition coefficient (Wildman–Crippen LogP) is 3.87. The average Bonchev–Trinajstić information content (AvgIpc) is 2.93. The molecule has 37 heavy (non-hydrogen) atoms. The first-order valence-corrected chi connectivity index (χ1v) is 13.5. The zero-order valence-electron chi connectivity index (χ0n) is 22.5. The molecule has 0 radical (unpaired) electrons. The van der Waals surface area contributed by atoms with Gasteiger partial charge in [-0.1, -0.05) is 69.4 Å². The van der Waals surface area contributed by atoms with E-state index in [1.807, 2.05) is 0 Å². The summed E-state index contributed by atoms with van der Waals surface area (Å²) in [7, 11) is 0. The third-order valence-corrected chi connectivity index (χ3v) is 5.18. The van der Waals surface area contributed by atoms with Crippen molar-refractivity contribution in [2.75, 3.05) is 85.9 Å². The number of ether oxygens (including phenoxy) is 7. The highest BCUT2D eigenvalue weighted by atomic mass is 16.6. The van der Waals surface area contributed by atoms with E-state index in [-0.39, 0.29) is 13.2 Å². The van der Waals surface area contributed by atoms with Gasteiger partial charge in [0.1, 0.15) is 6.61 Å². The molecule has 0 heterocycles. The van der Waals surface area contributed by atoms with E-state index in [9.17, 15) is 9.59 Å². The van der Waals surface area contributed by atoms with Crippen LogP contribution in [0.5, 0.6) is 0 Å². The summed E-state index contributed by atoms with van der Waals surface area (Å²) in [5, 5.41) is 0. The number of hydrogen-bond donors (Lipinski definition) is 0. The monoisotopic (exact) mass is 526 g/mol. The molecule has 0 atom stereocenters. The van der Waals surface area contributed by atoms with Crippen molar-refractivity contribution in [3.63, 3.8) is 0 Å². The summed E-state index contributed by atoms with van der Waals surface area (Å²) in [6.45, 7) is 8.23. The summed E-state index contributed by atoms with van der Waals surface area (Å²) in [5.41, 5.74) is 0.305. The van der Waals surface area contributed by atoms with Crippen LogP contribution < -0.4 is 0 Å². The van der Waals surface area contributed by atoms with E-state index < -0.39 is 11.8 Å². The van der Waals surface area contributed by atoms with Crippen molar-refractivity contribution in [2.45, 2.75) is 45.4 Å². The summed E-state index contributed by atoms with van der Waals surface area (Å²) in [5.74, 6) is -1.55. The maximum Gasteiger partial charge on any atom is 0.379 e. The SMILES string of the molecule is CCCCCCCCOCCOCCOCCOCCOCCOCCOC(=O)C(=O)c1ccccc1. The Morgan fingerprint density at radius 2 is 0.919 bits per heavy atom. The second-order valence-electron chi connectivity index (χ2n) is 8.27. The van der Waals surface area contributed by atoms with E-state index in [1.165, 1.54) is 32.1 Å². The molecule has 1 aromatic carbocycles. The van der Waals surface area contributed by atoms with E-state index >= 15 is 0 Å². The van der Waals surface area contributed by atoms with E-state index in [0.717, 1.165) is 13.0 Å². The number of unbranched alkanes of at least 4 members (excludes halogenated alkanes) is 5. The van der Waals surface area contributed by atoms with Gasteiger partial charge in [0.05, 0.1) is 72.7 Å². The van der Waals surface area contributed by atoms with Crippen molar-refractivity contribution in [3.8, 4) is 0 Å². The van der Waals surface area contributed by atoms with Gasteiger partial charge in [-0.2, -0.15) is 0 Å². The molecule has 1 rings (SSSR count). The Hall–Kier alpha value is -1.88. The van der Waals surface area contributed by atoms with E-state index in [0.29, 0.717) is 71.6 Å². The highest BCUT2D eigenvalue weighted by molar-refractivity contribution is 6.40. The quantitative estimate of drug-likeness (QED) is 0.0732. The summed E-state index contributed by atoms with van der Waals surface area (Å²) < 4.78 is 37.6. The molecule has 9 heteroatoms. The Balaban J connectivity index is 1.71. The Morgan fingerprint density at radius 3 is 1.41 bits per heavy atom. The molecule has 0 aliphatic carbocycles. The van der Waals surface area contributed by atoms with Gasteiger partial charge in [0.15, 0.2) is 0 Å². The van der Waals surface area contributed by atoms with Crippen LogP contribution in [0.3, 0.4) is 0 Å². The molecule has 0 saturated heterocycles. The zero-order valence-corrected chi connectivity index (χ0v) is 22.5. The fourth-order valence-electron chi connectivity index (χ4n) is 3.15. The van der Waals surface area contributed by atoms with Gasteiger partial charge in [0, 0.05) is 12.2 Å². The Morgan fingerprint density at radius 1 is 0.514 bits per heavy atom. The molecular weight excluding hydrogens is 480 g/mol. The van der Waals surface area contributed by atoms with E-state index in [4.69, 9.17) is 33.2 Å². The van der Waals surface area contributed by atoms with Gasteiger partial charge in [-0.15, -0.1) is 0 Å². The predicted molar refractivity (Wildman–Crippen MR) is 140 cm³/mol. The van der Waals surface area contributed by atoms with Gasteiger partial charge in [-0.25, -0.2) is 4.79 Å². The largest absolute Gasteiger partial charge is 0.457 e. The lowest BCUT2D eigenvalue weighted by Gasteiger charge is -2.08. The number of carbonyl (C=O) groups excluding carboxylic acids is 2. The summed E-state index contributed by atoms with van der Waals surface area (Å²) in [6, 6.07) is 8.29. The second-order valence-corrected chi connectivity index (χ2v) is 8.27. The number of rotatable bonds is 27. The lowest BCUT2D eigenvalue weighted by atomic mass is 10.1. The van der Waals surface area contributed by atoms with Crippen LogP contribution in [-0.2, 0) is 38.0 Å². The summed E-state index contributed by atoms with van der Waals surface area (Å²) in [6.07, 6.45) is 7.63. The first kappa shape index (κ1) is 33.1. The molecule has 9 nitrogen and oxygen atoms in total. The van der Waals surface area contributed by atoms with Crippen LogP contribution in [0, 0.1) is 0 Å². The van der Waals surface area contributed by atoms with Gasteiger partial charge in [0.2, 0.25) is 0 Å².